The van der Waals surface area contributed by atoms with Gasteiger partial charge in [0.15, 0.2) is 5.16 Å². The summed E-state index contributed by atoms with van der Waals surface area (Å²) in [5, 5.41) is 0.630. The highest BCUT2D eigenvalue weighted by Crippen LogP contribution is 2.25. The standard InChI is InChI=1S/C20H19FN2OS/c1-3-17-12-19(24-18-9-7-14(2)8-10-18)23-20(22-17)25-13-15-5-4-6-16(21)11-15/h4-12H,3,13H2,1-2H3. The van der Waals surface area contributed by atoms with Crippen molar-refractivity contribution in [3.05, 3.63) is 77.2 Å². The molecule has 25 heavy (non-hydrogen) atoms. The SMILES string of the molecule is CCc1cc(Oc2ccc(C)cc2)nc(SCc2cccc(F)c2)n1. The first-order valence-corrected chi connectivity index (χ1v) is 9.10. The Balaban J connectivity index is 1.76. The van der Waals surface area contributed by atoms with Gasteiger partial charge in [-0.15, -0.1) is 0 Å². The van der Waals surface area contributed by atoms with Crippen LogP contribution in [0.15, 0.2) is 59.8 Å². The third kappa shape index (κ3) is 5.03. The van der Waals surface area contributed by atoms with Crippen molar-refractivity contribution in [2.24, 2.45) is 0 Å². The minimum atomic E-state index is -0.232. The van der Waals surface area contributed by atoms with Gasteiger partial charge in [-0.1, -0.05) is 48.5 Å². The normalized spacial score (nSPS) is 10.7. The highest BCUT2D eigenvalue weighted by molar-refractivity contribution is 7.98. The van der Waals surface area contributed by atoms with Crippen LogP contribution in [0, 0.1) is 12.7 Å². The van der Waals surface area contributed by atoms with Crippen molar-refractivity contribution >= 4 is 11.8 Å². The van der Waals surface area contributed by atoms with Crippen LogP contribution in [0.2, 0.25) is 0 Å². The molecule has 0 saturated heterocycles. The summed E-state index contributed by atoms with van der Waals surface area (Å²) in [6.45, 7) is 4.07. The molecule has 0 aliphatic rings. The van der Waals surface area contributed by atoms with Crippen molar-refractivity contribution in [2.45, 2.75) is 31.2 Å². The number of aryl methyl sites for hydroxylation is 2. The molecule has 0 atom stereocenters. The molecule has 0 aliphatic carbocycles. The van der Waals surface area contributed by atoms with Crippen LogP contribution in [-0.4, -0.2) is 9.97 Å². The van der Waals surface area contributed by atoms with Crippen LogP contribution in [0.4, 0.5) is 4.39 Å². The van der Waals surface area contributed by atoms with Gasteiger partial charge in [0.25, 0.3) is 0 Å². The van der Waals surface area contributed by atoms with Crippen molar-refractivity contribution in [3.8, 4) is 11.6 Å². The second-order valence-corrected chi connectivity index (χ2v) is 6.61. The van der Waals surface area contributed by atoms with Gasteiger partial charge in [0.05, 0.1) is 0 Å². The predicted octanol–water partition coefficient (Wildman–Crippen LogP) is 5.57. The lowest BCUT2D eigenvalue weighted by Crippen LogP contribution is -1.97. The molecule has 3 rings (SSSR count). The fourth-order valence-corrected chi connectivity index (χ4v) is 3.06. The Labute approximate surface area is 151 Å². The number of ether oxygens (including phenoxy) is 1. The summed E-state index contributed by atoms with van der Waals surface area (Å²) in [5.74, 6) is 1.64. The highest BCUT2D eigenvalue weighted by Gasteiger charge is 2.08. The minimum Gasteiger partial charge on any atom is -0.439 e. The molecule has 1 aromatic heterocycles. The Morgan fingerprint density at radius 3 is 2.56 bits per heavy atom. The molecule has 1 heterocycles. The Hall–Kier alpha value is -2.40. The van der Waals surface area contributed by atoms with E-state index in [1.807, 2.05) is 50.2 Å². The molecule has 0 unspecified atom stereocenters. The summed E-state index contributed by atoms with van der Waals surface area (Å²) in [7, 11) is 0. The predicted molar refractivity (Wildman–Crippen MR) is 98.6 cm³/mol. The first-order chi connectivity index (χ1) is 12.1. The van der Waals surface area contributed by atoms with E-state index in [9.17, 15) is 4.39 Å². The maximum absolute atomic E-state index is 13.3. The number of benzene rings is 2. The number of hydrogen-bond acceptors (Lipinski definition) is 4. The largest absolute Gasteiger partial charge is 0.439 e. The van der Waals surface area contributed by atoms with Gasteiger partial charge < -0.3 is 4.74 Å². The van der Waals surface area contributed by atoms with Gasteiger partial charge in [0.2, 0.25) is 5.88 Å². The molecule has 0 radical (unpaired) electrons. The molecule has 2 aromatic carbocycles. The maximum Gasteiger partial charge on any atom is 0.223 e. The highest BCUT2D eigenvalue weighted by atomic mass is 32.2. The second-order valence-electron chi connectivity index (χ2n) is 5.67. The number of nitrogens with zero attached hydrogens (tertiary/aromatic N) is 2. The maximum atomic E-state index is 13.3. The van der Waals surface area contributed by atoms with Crippen LogP contribution in [0.5, 0.6) is 11.6 Å². The van der Waals surface area contributed by atoms with Crippen LogP contribution in [0.25, 0.3) is 0 Å². The van der Waals surface area contributed by atoms with E-state index in [2.05, 4.69) is 9.97 Å². The molecule has 0 bridgehead atoms. The van der Waals surface area contributed by atoms with E-state index < -0.39 is 0 Å². The van der Waals surface area contributed by atoms with Gasteiger partial charge in [0, 0.05) is 17.5 Å². The third-order valence-electron chi connectivity index (χ3n) is 3.60. The first-order valence-electron chi connectivity index (χ1n) is 8.12. The molecule has 3 nitrogen and oxygen atoms in total. The van der Waals surface area contributed by atoms with Gasteiger partial charge in [0.1, 0.15) is 11.6 Å². The molecule has 0 saturated carbocycles. The van der Waals surface area contributed by atoms with Gasteiger partial charge in [-0.2, -0.15) is 4.98 Å². The molecular weight excluding hydrogens is 335 g/mol. The van der Waals surface area contributed by atoms with E-state index in [1.54, 1.807) is 6.07 Å². The summed E-state index contributed by atoms with van der Waals surface area (Å²) in [6, 6.07) is 16.3. The molecule has 0 spiro atoms. The zero-order valence-electron chi connectivity index (χ0n) is 14.2. The van der Waals surface area contributed by atoms with E-state index in [-0.39, 0.29) is 5.82 Å². The molecule has 0 aliphatic heterocycles. The van der Waals surface area contributed by atoms with E-state index in [4.69, 9.17) is 4.74 Å². The lowest BCUT2D eigenvalue weighted by molar-refractivity contribution is 0.454. The number of halogens is 1. The Bertz CT molecular complexity index is 853. The zero-order valence-corrected chi connectivity index (χ0v) is 15.0. The topological polar surface area (TPSA) is 35.0 Å². The molecular formula is C20H19FN2OS. The summed E-state index contributed by atoms with van der Waals surface area (Å²) >= 11 is 1.47. The molecule has 128 valence electrons. The van der Waals surface area contributed by atoms with Crippen LogP contribution < -0.4 is 4.74 Å². The van der Waals surface area contributed by atoms with Crippen LogP contribution >= 0.6 is 11.8 Å². The molecule has 0 N–H and O–H groups in total. The lowest BCUT2D eigenvalue weighted by Gasteiger charge is -2.09. The van der Waals surface area contributed by atoms with Gasteiger partial charge >= 0.3 is 0 Å². The average molecular weight is 354 g/mol. The Morgan fingerprint density at radius 2 is 1.84 bits per heavy atom. The summed E-state index contributed by atoms with van der Waals surface area (Å²) < 4.78 is 19.1. The van der Waals surface area contributed by atoms with Crippen molar-refractivity contribution in [2.75, 3.05) is 0 Å². The fraction of sp³-hybridized carbons (Fsp3) is 0.200. The van der Waals surface area contributed by atoms with Crippen LogP contribution in [-0.2, 0) is 12.2 Å². The molecule has 3 aromatic rings. The molecule has 5 heteroatoms. The Kier molecular flexibility index (Phi) is 5.66. The zero-order chi connectivity index (χ0) is 17.6. The van der Waals surface area contributed by atoms with Crippen LogP contribution in [0.1, 0.15) is 23.7 Å². The van der Waals surface area contributed by atoms with Crippen molar-refractivity contribution in [1.82, 2.24) is 9.97 Å². The number of rotatable bonds is 6. The minimum absolute atomic E-state index is 0.232. The van der Waals surface area contributed by atoms with E-state index in [0.29, 0.717) is 16.8 Å². The van der Waals surface area contributed by atoms with Crippen molar-refractivity contribution in [1.29, 1.82) is 0 Å². The Morgan fingerprint density at radius 1 is 1.04 bits per heavy atom. The molecule has 0 amide bonds. The fourth-order valence-electron chi connectivity index (χ4n) is 2.25. The quantitative estimate of drug-likeness (QED) is 0.428. The summed E-state index contributed by atoms with van der Waals surface area (Å²) in [6.07, 6.45) is 0.792. The lowest BCUT2D eigenvalue weighted by atomic mass is 10.2. The number of thioether (sulfide) groups is 1. The summed E-state index contributed by atoms with van der Waals surface area (Å²) in [4.78, 5) is 9.00. The first kappa shape index (κ1) is 17.4. The van der Waals surface area contributed by atoms with Gasteiger partial charge in [-0.05, 0) is 43.2 Å². The summed E-state index contributed by atoms with van der Waals surface area (Å²) in [5.41, 5.74) is 2.99. The average Bonchev–Trinajstić information content (AvgIpc) is 2.62. The van der Waals surface area contributed by atoms with Gasteiger partial charge in [-0.25, -0.2) is 9.37 Å². The van der Waals surface area contributed by atoms with E-state index >= 15 is 0 Å². The van der Waals surface area contributed by atoms with Crippen LogP contribution in [0.3, 0.4) is 0 Å². The number of hydrogen-bond donors (Lipinski definition) is 0. The monoisotopic (exact) mass is 354 g/mol. The van der Waals surface area contributed by atoms with Gasteiger partial charge in [-0.3, -0.25) is 0 Å². The van der Waals surface area contributed by atoms with Crippen molar-refractivity contribution in [3.63, 3.8) is 0 Å². The smallest absolute Gasteiger partial charge is 0.223 e. The molecule has 0 fully saturated rings. The second kappa shape index (κ2) is 8.12. The van der Waals surface area contributed by atoms with E-state index in [1.165, 1.54) is 29.5 Å². The van der Waals surface area contributed by atoms with Crippen molar-refractivity contribution < 1.29 is 9.13 Å². The van der Waals surface area contributed by atoms with E-state index in [0.717, 1.165) is 23.4 Å². The number of aromatic nitrogens is 2. The third-order valence-corrected chi connectivity index (χ3v) is 4.52.